The summed E-state index contributed by atoms with van der Waals surface area (Å²) in [6, 6.07) is 6.14. The highest BCUT2D eigenvalue weighted by Gasteiger charge is 2.26. The first kappa shape index (κ1) is 12.3. The molecule has 0 radical (unpaired) electrons. The van der Waals surface area contributed by atoms with Crippen LogP contribution in [-0.2, 0) is 7.05 Å². The normalized spacial score (nSPS) is 10.3. The number of ketones is 1. The lowest BCUT2D eigenvalue weighted by Gasteiger charge is -2.01. The molecule has 2 aromatic rings. The second-order valence-corrected chi connectivity index (χ2v) is 4.03. The number of rotatable bonds is 3. The molecule has 1 heterocycles. The van der Waals surface area contributed by atoms with Crippen LogP contribution in [0.15, 0.2) is 30.5 Å². The van der Waals surface area contributed by atoms with Gasteiger partial charge in [-0.25, -0.2) is 0 Å². The summed E-state index contributed by atoms with van der Waals surface area (Å²) in [6.07, 6.45) is 1.06. The van der Waals surface area contributed by atoms with Crippen LogP contribution in [0.5, 0.6) is 0 Å². The van der Waals surface area contributed by atoms with Gasteiger partial charge in [0, 0.05) is 17.6 Å². The van der Waals surface area contributed by atoms with E-state index in [0.717, 1.165) is 6.20 Å². The number of aromatic nitrogens is 2. The Morgan fingerprint density at radius 1 is 1.39 bits per heavy atom. The molecule has 92 valence electrons. The summed E-state index contributed by atoms with van der Waals surface area (Å²) in [6.45, 7) is 0. The molecule has 0 spiro atoms. The van der Waals surface area contributed by atoms with Crippen molar-refractivity contribution in [3.05, 3.63) is 56.9 Å². The SMILES string of the molecule is Cn1ncc([N+](=O)[O-])c1C(=O)c1ccc(Cl)cc1. The first-order valence-corrected chi connectivity index (χ1v) is 5.35. The van der Waals surface area contributed by atoms with Crippen LogP contribution in [0.2, 0.25) is 5.02 Å². The van der Waals surface area contributed by atoms with E-state index in [9.17, 15) is 14.9 Å². The summed E-state index contributed by atoms with van der Waals surface area (Å²) in [5.41, 5.74) is -0.0362. The van der Waals surface area contributed by atoms with Crippen molar-refractivity contribution in [1.29, 1.82) is 0 Å². The minimum atomic E-state index is -0.629. The molecule has 0 fully saturated rings. The van der Waals surface area contributed by atoms with Gasteiger partial charge in [-0.1, -0.05) is 11.6 Å². The summed E-state index contributed by atoms with van der Waals surface area (Å²) < 4.78 is 1.19. The van der Waals surface area contributed by atoms with Crippen molar-refractivity contribution in [1.82, 2.24) is 9.78 Å². The van der Waals surface area contributed by atoms with E-state index >= 15 is 0 Å². The van der Waals surface area contributed by atoms with Gasteiger partial charge in [0.1, 0.15) is 6.20 Å². The third-order valence-corrected chi connectivity index (χ3v) is 2.69. The Bertz CT molecular complexity index is 619. The molecule has 0 aliphatic heterocycles. The average molecular weight is 266 g/mol. The fraction of sp³-hybridized carbons (Fsp3) is 0.0909. The lowest BCUT2D eigenvalue weighted by atomic mass is 10.1. The number of aryl methyl sites for hydroxylation is 1. The van der Waals surface area contributed by atoms with E-state index in [1.165, 1.54) is 23.9 Å². The van der Waals surface area contributed by atoms with Crippen LogP contribution in [0.25, 0.3) is 0 Å². The number of carbonyl (C=O) groups excluding carboxylic acids is 1. The highest BCUT2D eigenvalue weighted by atomic mass is 35.5. The molecule has 0 saturated carbocycles. The first-order chi connectivity index (χ1) is 8.50. The number of benzene rings is 1. The smallest absolute Gasteiger partial charge is 0.287 e. The Morgan fingerprint density at radius 2 is 2.00 bits per heavy atom. The Labute approximate surface area is 107 Å². The lowest BCUT2D eigenvalue weighted by molar-refractivity contribution is -0.385. The predicted octanol–water partition coefficient (Wildman–Crippen LogP) is 2.21. The Morgan fingerprint density at radius 3 is 2.56 bits per heavy atom. The molecule has 0 N–H and O–H groups in total. The van der Waals surface area contributed by atoms with Gasteiger partial charge in [0.05, 0.1) is 4.92 Å². The largest absolute Gasteiger partial charge is 0.318 e. The van der Waals surface area contributed by atoms with Crippen molar-refractivity contribution in [3.63, 3.8) is 0 Å². The van der Waals surface area contributed by atoms with Gasteiger partial charge >= 0.3 is 5.69 Å². The molecule has 0 amide bonds. The molecule has 0 bridgehead atoms. The van der Waals surface area contributed by atoms with Gasteiger partial charge in [-0.3, -0.25) is 19.6 Å². The molecule has 0 aliphatic carbocycles. The highest BCUT2D eigenvalue weighted by molar-refractivity contribution is 6.30. The molecular weight excluding hydrogens is 258 g/mol. The van der Waals surface area contributed by atoms with Gasteiger partial charge < -0.3 is 0 Å². The van der Waals surface area contributed by atoms with Crippen molar-refractivity contribution in [2.75, 3.05) is 0 Å². The topological polar surface area (TPSA) is 78.0 Å². The minimum absolute atomic E-state index is 0.0534. The molecule has 0 saturated heterocycles. The van der Waals surface area contributed by atoms with E-state index < -0.39 is 10.7 Å². The molecule has 18 heavy (non-hydrogen) atoms. The van der Waals surface area contributed by atoms with Crippen molar-refractivity contribution in [3.8, 4) is 0 Å². The van der Waals surface area contributed by atoms with Crippen LogP contribution in [-0.4, -0.2) is 20.5 Å². The molecular formula is C11H8ClN3O3. The van der Waals surface area contributed by atoms with Crippen LogP contribution in [0.1, 0.15) is 16.1 Å². The van der Waals surface area contributed by atoms with Crippen molar-refractivity contribution >= 4 is 23.1 Å². The number of carbonyl (C=O) groups is 1. The molecule has 0 atom stereocenters. The van der Waals surface area contributed by atoms with Crippen molar-refractivity contribution in [2.24, 2.45) is 7.05 Å². The van der Waals surface area contributed by atoms with E-state index in [4.69, 9.17) is 11.6 Å². The Kier molecular flexibility index (Phi) is 3.12. The zero-order chi connectivity index (χ0) is 13.3. The van der Waals surface area contributed by atoms with E-state index in [0.29, 0.717) is 10.6 Å². The first-order valence-electron chi connectivity index (χ1n) is 4.97. The van der Waals surface area contributed by atoms with Crippen LogP contribution in [0.4, 0.5) is 5.69 Å². The van der Waals surface area contributed by atoms with E-state index in [-0.39, 0.29) is 11.4 Å². The standard InChI is InChI=1S/C11H8ClN3O3/c1-14-10(9(6-13-14)15(17)18)11(16)7-2-4-8(12)5-3-7/h2-6H,1H3. The van der Waals surface area contributed by atoms with Crippen molar-refractivity contribution < 1.29 is 9.72 Å². The Hall–Kier alpha value is -2.21. The fourth-order valence-corrected chi connectivity index (χ4v) is 1.69. The van der Waals surface area contributed by atoms with E-state index in [1.807, 2.05) is 0 Å². The monoisotopic (exact) mass is 265 g/mol. The Balaban J connectivity index is 2.49. The number of halogens is 1. The maximum absolute atomic E-state index is 12.2. The maximum Gasteiger partial charge on any atom is 0.318 e. The lowest BCUT2D eigenvalue weighted by Crippen LogP contribution is -2.10. The summed E-state index contributed by atoms with van der Waals surface area (Å²) in [5, 5.41) is 15.0. The van der Waals surface area contributed by atoms with Gasteiger partial charge in [-0.2, -0.15) is 5.10 Å². The summed E-state index contributed by atoms with van der Waals surface area (Å²) in [4.78, 5) is 22.3. The fourth-order valence-electron chi connectivity index (χ4n) is 1.56. The molecule has 2 rings (SSSR count). The number of hydrogen-bond donors (Lipinski definition) is 0. The molecule has 0 unspecified atom stereocenters. The van der Waals surface area contributed by atoms with Crippen molar-refractivity contribution in [2.45, 2.75) is 0 Å². The number of nitro groups is 1. The zero-order valence-corrected chi connectivity index (χ0v) is 10.1. The summed E-state index contributed by atoms with van der Waals surface area (Å²) in [7, 11) is 1.48. The summed E-state index contributed by atoms with van der Waals surface area (Å²) in [5.74, 6) is -0.460. The number of hydrogen-bond acceptors (Lipinski definition) is 4. The molecule has 7 heteroatoms. The van der Waals surface area contributed by atoms with Gasteiger partial charge in [0.25, 0.3) is 0 Å². The molecule has 6 nitrogen and oxygen atoms in total. The van der Waals surface area contributed by atoms with Gasteiger partial charge in [0.15, 0.2) is 5.69 Å². The minimum Gasteiger partial charge on any atom is -0.287 e. The van der Waals surface area contributed by atoms with Crippen LogP contribution < -0.4 is 0 Å². The highest BCUT2D eigenvalue weighted by Crippen LogP contribution is 2.21. The van der Waals surface area contributed by atoms with E-state index in [1.54, 1.807) is 12.1 Å². The number of nitrogens with zero attached hydrogens (tertiary/aromatic N) is 3. The predicted molar refractivity (Wildman–Crippen MR) is 64.7 cm³/mol. The second kappa shape index (κ2) is 4.58. The second-order valence-electron chi connectivity index (χ2n) is 3.60. The maximum atomic E-state index is 12.2. The van der Waals surface area contributed by atoms with Gasteiger partial charge in [-0.15, -0.1) is 0 Å². The van der Waals surface area contributed by atoms with E-state index in [2.05, 4.69) is 5.10 Å². The summed E-state index contributed by atoms with van der Waals surface area (Å²) >= 11 is 5.72. The third-order valence-electron chi connectivity index (χ3n) is 2.44. The van der Waals surface area contributed by atoms with Gasteiger partial charge in [-0.05, 0) is 24.3 Å². The quantitative estimate of drug-likeness (QED) is 0.484. The zero-order valence-electron chi connectivity index (χ0n) is 9.33. The molecule has 0 aliphatic rings. The van der Waals surface area contributed by atoms with Gasteiger partial charge in [0.2, 0.25) is 5.78 Å². The van der Waals surface area contributed by atoms with Crippen LogP contribution in [0, 0.1) is 10.1 Å². The average Bonchev–Trinajstić information content (AvgIpc) is 2.71. The van der Waals surface area contributed by atoms with Crippen LogP contribution >= 0.6 is 11.6 Å². The molecule has 1 aromatic heterocycles. The van der Waals surface area contributed by atoms with Crippen LogP contribution in [0.3, 0.4) is 0 Å². The molecule has 1 aromatic carbocycles. The third kappa shape index (κ3) is 2.10.